The van der Waals surface area contributed by atoms with Crippen LogP contribution in [0.5, 0.6) is 0 Å². The molecule has 0 spiro atoms. The smallest absolute Gasteiger partial charge is 0.326 e. The second kappa shape index (κ2) is 8.52. The molecule has 28 heavy (non-hydrogen) atoms. The van der Waals surface area contributed by atoms with Crippen molar-refractivity contribution in [1.82, 2.24) is 15.2 Å². The lowest BCUT2D eigenvalue weighted by Crippen LogP contribution is -2.53. The highest BCUT2D eigenvalue weighted by Gasteiger charge is 2.38. The van der Waals surface area contributed by atoms with Gasteiger partial charge in [-0.15, -0.1) is 11.3 Å². The summed E-state index contributed by atoms with van der Waals surface area (Å²) in [6, 6.07) is 8.00. The number of carbonyl (C=O) groups excluding carboxylic acids is 2. The second-order valence-corrected chi connectivity index (χ2v) is 8.15. The molecule has 0 aliphatic carbocycles. The lowest BCUT2D eigenvalue weighted by Gasteiger charge is -2.29. The zero-order valence-electron chi connectivity index (χ0n) is 15.8. The van der Waals surface area contributed by atoms with Gasteiger partial charge in [0.25, 0.3) is 5.91 Å². The maximum Gasteiger partial charge on any atom is 0.326 e. The summed E-state index contributed by atoms with van der Waals surface area (Å²) < 4.78 is 0. The molecular weight excluding hydrogens is 378 g/mol. The number of carbonyl (C=O) groups is 3. The lowest BCUT2D eigenvalue weighted by atomic mass is 10.0. The Morgan fingerprint density at radius 3 is 2.61 bits per heavy atom. The molecule has 1 aromatic heterocycles. The van der Waals surface area contributed by atoms with E-state index in [1.54, 1.807) is 6.20 Å². The molecule has 1 fully saturated rings. The van der Waals surface area contributed by atoms with Crippen LogP contribution in [-0.4, -0.2) is 51.4 Å². The summed E-state index contributed by atoms with van der Waals surface area (Å²) in [5.41, 5.74) is 0.969. The summed E-state index contributed by atoms with van der Waals surface area (Å²) >= 11 is 1.26. The minimum atomic E-state index is -1.01. The number of aromatic nitrogens is 1. The first-order valence-electron chi connectivity index (χ1n) is 9.24. The third kappa shape index (κ3) is 4.22. The second-order valence-electron chi connectivity index (χ2n) is 7.12. The maximum atomic E-state index is 12.9. The molecule has 1 aromatic carbocycles. The summed E-state index contributed by atoms with van der Waals surface area (Å²) in [5.74, 6) is -1.97. The quantitative estimate of drug-likeness (QED) is 0.775. The number of thiazole rings is 1. The third-order valence-corrected chi connectivity index (χ3v) is 5.84. The van der Waals surface area contributed by atoms with Gasteiger partial charge in [-0.05, 0) is 24.3 Å². The molecule has 3 rings (SSSR count). The number of likely N-dealkylation sites (tertiary alicyclic amines) is 1. The average Bonchev–Trinajstić information content (AvgIpc) is 3.35. The van der Waals surface area contributed by atoms with Crippen molar-refractivity contribution in [2.75, 3.05) is 6.54 Å². The van der Waals surface area contributed by atoms with Crippen molar-refractivity contribution in [2.24, 2.45) is 5.92 Å². The minimum Gasteiger partial charge on any atom is -0.480 e. The molecule has 1 saturated heterocycles. The number of rotatable bonds is 6. The van der Waals surface area contributed by atoms with Gasteiger partial charge in [0.1, 0.15) is 12.1 Å². The van der Waals surface area contributed by atoms with Crippen molar-refractivity contribution in [3.8, 4) is 10.4 Å². The van der Waals surface area contributed by atoms with Crippen molar-refractivity contribution >= 4 is 29.1 Å². The van der Waals surface area contributed by atoms with E-state index in [0.717, 1.165) is 10.4 Å². The van der Waals surface area contributed by atoms with Crippen LogP contribution in [0.4, 0.5) is 0 Å². The largest absolute Gasteiger partial charge is 0.480 e. The molecule has 2 N–H and O–H groups in total. The highest BCUT2D eigenvalue weighted by atomic mass is 32.1. The van der Waals surface area contributed by atoms with Gasteiger partial charge in [-0.2, -0.15) is 0 Å². The predicted octanol–water partition coefficient (Wildman–Crippen LogP) is 2.64. The number of nitrogens with one attached hydrogen (secondary N) is 1. The van der Waals surface area contributed by atoms with E-state index in [1.807, 2.05) is 44.2 Å². The number of carboxylic acids is 1. The number of benzene rings is 1. The third-order valence-electron chi connectivity index (χ3n) is 4.80. The summed E-state index contributed by atoms with van der Waals surface area (Å²) in [6.07, 6.45) is 2.73. The van der Waals surface area contributed by atoms with Crippen LogP contribution < -0.4 is 5.32 Å². The van der Waals surface area contributed by atoms with Gasteiger partial charge < -0.3 is 15.3 Å². The molecule has 8 heteroatoms. The molecule has 0 bridgehead atoms. The Morgan fingerprint density at radius 1 is 1.25 bits per heavy atom. The van der Waals surface area contributed by atoms with E-state index < -0.39 is 24.0 Å². The normalized spacial score (nSPS) is 17.5. The fourth-order valence-electron chi connectivity index (χ4n) is 3.30. The van der Waals surface area contributed by atoms with Crippen LogP contribution in [0.25, 0.3) is 10.4 Å². The van der Waals surface area contributed by atoms with Crippen LogP contribution >= 0.6 is 11.3 Å². The van der Waals surface area contributed by atoms with Crippen molar-refractivity contribution < 1.29 is 19.5 Å². The van der Waals surface area contributed by atoms with Crippen LogP contribution in [0.2, 0.25) is 0 Å². The monoisotopic (exact) mass is 401 g/mol. The Kier molecular flexibility index (Phi) is 6.08. The van der Waals surface area contributed by atoms with Gasteiger partial charge in [-0.3, -0.25) is 9.59 Å². The molecule has 1 aliphatic heterocycles. The van der Waals surface area contributed by atoms with E-state index in [4.69, 9.17) is 0 Å². The van der Waals surface area contributed by atoms with Gasteiger partial charge in [0.05, 0.1) is 4.88 Å². The van der Waals surface area contributed by atoms with E-state index in [1.165, 1.54) is 16.2 Å². The molecule has 2 atom stereocenters. The molecule has 2 heterocycles. The number of nitrogens with zero attached hydrogens (tertiary/aromatic N) is 2. The molecule has 1 aliphatic rings. The Bertz CT molecular complexity index is 865. The number of hydrogen-bond donors (Lipinski definition) is 2. The van der Waals surface area contributed by atoms with E-state index in [-0.39, 0.29) is 16.8 Å². The highest BCUT2D eigenvalue weighted by molar-refractivity contribution is 7.17. The van der Waals surface area contributed by atoms with Gasteiger partial charge in [-0.1, -0.05) is 44.2 Å². The molecule has 0 saturated carbocycles. The molecule has 1 unspecified atom stereocenters. The molecule has 2 aromatic rings. The zero-order valence-corrected chi connectivity index (χ0v) is 16.6. The SMILES string of the molecule is CC(C)C(NC(=O)c1ncc(-c2ccccc2)s1)C(=O)N1CCC[C@H]1C(=O)O. The Morgan fingerprint density at radius 2 is 1.96 bits per heavy atom. The van der Waals surface area contributed by atoms with Crippen LogP contribution in [0.3, 0.4) is 0 Å². The first-order chi connectivity index (χ1) is 13.4. The standard InChI is InChI=1S/C20H23N3O4S/c1-12(2)16(19(25)23-10-6-9-14(23)20(26)27)22-17(24)18-21-11-15(28-18)13-7-4-3-5-8-13/h3-5,7-8,11-12,14,16H,6,9-10H2,1-2H3,(H,22,24)(H,26,27)/t14-,16?/m0/s1. The van der Waals surface area contributed by atoms with E-state index in [2.05, 4.69) is 10.3 Å². The number of amides is 2. The summed E-state index contributed by atoms with van der Waals surface area (Å²) in [6.45, 7) is 4.04. The van der Waals surface area contributed by atoms with Crippen LogP contribution in [0.15, 0.2) is 36.5 Å². The summed E-state index contributed by atoms with van der Waals surface area (Å²) in [7, 11) is 0. The first-order valence-corrected chi connectivity index (χ1v) is 10.1. The molecule has 0 radical (unpaired) electrons. The Labute approximate surface area is 167 Å². The lowest BCUT2D eigenvalue weighted by molar-refractivity contribution is -0.149. The van der Waals surface area contributed by atoms with Crippen molar-refractivity contribution in [3.63, 3.8) is 0 Å². The van der Waals surface area contributed by atoms with Crippen LogP contribution in [0, 0.1) is 5.92 Å². The van der Waals surface area contributed by atoms with Gasteiger partial charge in [0.15, 0.2) is 5.01 Å². The molecule has 148 valence electrons. The van der Waals surface area contributed by atoms with Crippen LogP contribution in [0.1, 0.15) is 36.5 Å². The minimum absolute atomic E-state index is 0.181. The highest BCUT2D eigenvalue weighted by Crippen LogP contribution is 2.26. The Hall–Kier alpha value is -2.74. The topological polar surface area (TPSA) is 99.6 Å². The van der Waals surface area contributed by atoms with Gasteiger partial charge in [0.2, 0.25) is 5.91 Å². The molecular formula is C20H23N3O4S. The van der Waals surface area contributed by atoms with Crippen molar-refractivity contribution in [2.45, 2.75) is 38.8 Å². The van der Waals surface area contributed by atoms with E-state index in [9.17, 15) is 19.5 Å². The number of aliphatic carboxylic acids is 1. The molecule has 2 amide bonds. The fourth-order valence-corrected chi connectivity index (χ4v) is 4.12. The van der Waals surface area contributed by atoms with E-state index in [0.29, 0.717) is 19.4 Å². The van der Waals surface area contributed by atoms with Gasteiger partial charge in [-0.25, -0.2) is 9.78 Å². The van der Waals surface area contributed by atoms with Crippen molar-refractivity contribution in [1.29, 1.82) is 0 Å². The molecule has 7 nitrogen and oxygen atoms in total. The number of carboxylic acid groups (broad SMARTS) is 1. The van der Waals surface area contributed by atoms with Crippen LogP contribution in [-0.2, 0) is 9.59 Å². The number of hydrogen-bond acceptors (Lipinski definition) is 5. The average molecular weight is 401 g/mol. The maximum absolute atomic E-state index is 12.9. The predicted molar refractivity (Wildman–Crippen MR) is 106 cm³/mol. The fraction of sp³-hybridized carbons (Fsp3) is 0.400. The van der Waals surface area contributed by atoms with Gasteiger partial charge in [0, 0.05) is 12.7 Å². The van der Waals surface area contributed by atoms with E-state index >= 15 is 0 Å². The van der Waals surface area contributed by atoms with Crippen molar-refractivity contribution in [3.05, 3.63) is 41.5 Å². The summed E-state index contributed by atoms with van der Waals surface area (Å²) in [5, 5.41) is 12.4. The first kappa shape index (κ1) is 20.0. The summed E-state index contributed by atoms with van der Waals surface area (Å²) in [4.78, 5) is 43.4. The van der Waals surface area contributed by atoms with Gasteiger partial charge >= 0.3 is 5.97 Å². The zero-order chi connectivity index (χ0) is 20.3. The Balaban J connectivity index is 1.74.